The SMILES string of the molecule is CCC(C)(c1ccc(-c2ccc3c(c2)C(CC)(CC)c2cc4c(cc2-3)CC4(CC)c2ccc(-c3ccc4c(c3)C(C)(C(F)(F)F)c3ccccc3-4)cc2)cc1)c1ccc2c(c1)C(C)(C(F)(F)F)c1ccccc1-2. The average Bonchev–Trinajstić information content (AvgIpc) is 3.95. The van der Waals surface area contributed by atoms with Crippen LogP contribution >= 0.6 is 0 Å². The Bertz CT molecular complexity index is 3550. The molecule has 0 radical (unpaired) electrons. The molecule has 368 valence electrons. The van der Waals surface area contributed by atoms with Crippen LogP contribution < -0.4 is 0 Å². The van der Waals surface area contributed by atoms with Crippen LogP contribution in [0, 0.1) is 0 Å². The third-order valence-electron chi connectivity index (χ3n) is 19.1. The average molecular weight is 977 g/mol. The Hall–Kier alpha value is -6.66. The summed E-state index contributed by atoms with van der Waals surface area (Å²) < 4.78 is 90.0. The van der Waals surface area contributed by atoms with Gasteiger partial charge in [-0.05, 0) is 175 Å². The Morgan fingerprint density at radius 3 is 1.36 bits per heavy atom. The highest BCUT2D eigenvalue weighted by atomic mass is 19.4. The van der Waals surface area contributed by atoms with Crippen molar-refractivity contribution in [1.29, 1.82) is 0 Å². The number of fused-ring (bicyclic) bond motifs is 10. The molecule has 8 aromatic rings. The number of hydrogen-bond donors (Lipinski definition) is 0. The third-order valence-corrected chi connectivity index (χ3v) is 19.1. The largest absolute Gasteiger partial charge is 0.402 e. The normalized spacial score (nSPS) is 21.5. The van der Waals surface area contributed by atoms with Gasteiger partial charge in [0.05, 0.1) is 0 Å². The van der Waals surface area contributed by atoms with Crippen molar-refractivity contribution < 1.29 is 26.3 Å². The Balaban J connectivity index is 0.843. The summed E-state index contributed by atoms with van der Waals surface area (Å²) in [7, 11) is 0. The molecule has 0 fully saturated rings. The summed E-state index contributed by atoms with van der Waals surface area (Å²) >= 11 is 0. The molecule has 0 amide bonds. The van der Waals surface area contributed by atoms with E-state index in [-0.39, 0.29) is 10.8 Å². The lowest BCUT2D eigenvalue weighted by Gasteiger charge is -2.46. The maximum atomic E-state index is 15.1. The Kier molecular flexibility index (Phi) is 10.3. The van der Waals surface area contributed by atoms with Crippen molar-refractivity contribution in [3.05, 3.63) is 225 Å². The highest BCUT2D eigenvalue weighted by molar-refractivity contribution is 5.87. The Morgan fingerprint density at radius 1 is 0.397 bits per heavy atom. The second-order valence-electron chi connectivity index (χ2n) is 21.9. The fourth-order valence-corrected chi connectivity index (χ4v) is 14.2. The maximum absolute atomic E-state index is 15.1. The second-order valence-corrected chi connectivity index (χ2v) is 21.9. The molecule has 4 aliphatic rings. The lowest BCUT2D eigenvalue weighted by molar-refractivity contribution is -0.172. The van der Waals surface area contributed by atoms with E-state index in [1.165, 1.54) is 52.8 Å². The van der Waals surface area contributed by atoms with Gasteiger partial charge in [-0.3, -0.25) is 0 Å². The summed E-state index contributed by atoms with van der Waals surface area (Å²) in [5.41, 5.74) is 13.8. The zero-order chi connectivity index (χ0) is 51.3. The summed E-state index contributed by atoms with van der Waals surface area (Å²) in [4.78, 5) is 0. The molecular formula is C67H58F6. The number of alkyl halides is 6. The van der Waals surface area contributed by atoms with Crippen LogP contribution in [-0.2, 0) is 33.5 Å². The van der Waals surface area contributed by atoms with Crippen molar-refractivity contribution in [3.63, 3.8) is 0 Å². The predicted molar refractivity (Wildman–Crippen MR) is 284 cm³/mol. The van der Waals surface area contributed by atoms with Crippen molar-refractivity contribution in [1.82, 2.24) is 0 Å². The van der Waals surface area contributed by atoms with Gasteiger partial charge in [-0.25, -0.2) is 0 Å². The van der Waals surface area contributed by atoms with Gasteiger partial charge in [-0.1, -0.05) is 186 Å². The van der Waals surface area contributed by atoms with Gasteiger partial charge in [0.1, 0.15) is 10.8 Å². The van der Waals surface area contributed by atoms with E-state index in [4.69, 9.17) is 0 Å². The predicted octanol–water partition coefficient (Wildman–Crippen LogP) is 18.8. The van der Waals surface area contributed by atoms with Crippen LogP contribution in [0.1, 0.15) is 135 Å². The van der Waals surface area contributed by atoms with Gasteiger partial charge in [0.15, 0.2) is 0 Å². The quantitative estimate of drug-likeness (QED) is 0.126. The molecule has 0 aromatic heterocycles. The van der Waals surface area contributed by atoms with Crippen LogP contribution in [0.3, 0.4) is 0 Å². The number of halogens is 6. The number of hydrogen-bond acceptors (Lipinski definition) is 0. The molecule has 4 aliphatic carbocycles. The standard InChI is InChI=1S/C67H58F6/c1-8-61(5,47-30-33-51-49-17-13-15-19-55(49)63(7,58(51)37-47)67(71,72)73)45-26-20-40(21-27-45)43-25-32-52-53-34-44-39-65(11-4,56(44)38-60(53)64(9-2,10-3)59(52)36-43)46-28-22-41(23-29-46)42-24-31-50-48-16-12-14-18-54(48)62(6,57(50)35-42)66(68,69)70/h12-38H,8-11,39H2,1-7H3. The minimum atomic E-state index is -4.46. The maximum Gasteiger partial charge on any atom is 0.402 e. The monoisotopic (exact) mass is 976 g/mol. The zero-order valence-corrected chi connectivity index (χ0v) is 42.4. The zero-order valence-electron chi connectivity index (χ0n) is 42.4. The Labute approximate surface area is 425 Å². The molecule has 0 heterocycles. The molecule has 4 atom stereocenters. The highest BCUT2D eigenvalue weighted by Gasteiger charge is 2.59. The van der Waals surface area contributed by atoms with Gasteiger partial charge in [0.2, 0.25) is 0 Å². The molecular weight excluding hydrogens is 919 g/mol. The molecule has 0 bridgehead atoms. The van der Waals surface area contributed by atoms with Gasteiger partial charge in [0, 0.05) is 16.2 Å². The van der Waals surface area contributed by atoms with E-state index in [1.807, 2.05) is 36.4 Å². The van der Waals surface area contributed by atoms with Gasteiger partial charge in [0.25, 0.3) is 0 Å². The topological polar surface area (TPSA) is 0 Å². The van der Waals surface area contributed by atoms with Crippen LogP contribution in [0.5, 0.6) is 0 Å². The molecule has 4 unspecified atom stereocenters. The summed E-state index contributed by atoms with van der Waals surface area (Å²) in [6, 6.07) is 54.2. The van der Waals surface area contributed by atoms with E-state index in [1.54, 1.807) is 48.5 Å². The molecule has 0 spiro atoms. The lowest BCUT2D eigenvalue weighted by atomic mass is 9.57. The van der Waals surface area contributed by atoms with Crippen LogP contribution in [0.2, 0.25) is 0 Å². The molecule has 0 aliphatic heterocycles. The lowest BCUT2D eigenvalue weighted by Crippen LogP contribution is -2.40. The van der Waals surface area contributed by atoms with Crippen LogP contribution in [0.15, 0.2) is 164 Å². The van der Waals surface area contributed by atoms with Crippen LogP contribution in [0.25, 0.3) is 55.6 Å². The molecule has 6 heteroatoms. The second kappa shape index (κ2) is 15.9. The van der Waals surface area contributed by atoms with E-state index in [0.29, 0.717) is 50.9 Å². The van der Waals surface area contributed by atoms with Gasteiger partial charge >= 0.3 is 12.4 Å². The number of rotatable bonds is 9. The molecule has 73 heavy (non-hydrogen) atoms. The molecule has 0 nitrogen and oxygen atoms in total. The van der Waals surface area contributed by atoms with Crippen molar-refractivity contribution in [2.24, 2.45) is 0 Å². The molecule has 0 N–H and O–H groups in total. The minimum absolute atomic E-state index is 0.179. The smallest absolute Gasteiger partial charge is 0.170 e. The van der Waals surface area contributed by atoms with E-state index in [0.717, 1.165) is 59.1 Å². The van der Waals surface area contributed by atoms with Gasteiger partial charge < -0.3 is 0 Å². The highest BCUT2D eigenvalue weighted by Crippen LogP contribution is 2.61. The first-order chi connectivity index (χ1) is 34.8. The van der Waals surface area contributed by atoms with E-state index < -0.39 is 28.6 Å². The molecule has 0 saturated carbocycles. The fourth-order valence-electron chi connectivity index (χ4n) is 14.2. The summed E-state index contributed by atoms with van der Waals surface area (Å²) in [5.74, 6) is 0. The van der Waals surface area contributed by atoms with Crippen molar-refractivity contribution in [3.8, 4) is 55.6 Å². The minimum Gasteiger partial charge on any atom is -0.170 e. The summed E-state index contributed by atoms with van der Waals surface area (Å²) in [6.07, 6.45) is -4.51. The number of benzene rings is 8. The van der Waals surface area contributed by atoms with Crippen molar-refractivity contribution in [2.75, 3.05) is 0 Å². The molecule has 0 saturated heterocycles. The molecule has 8 aromatic carbocycles. The first kappa shape index (κ1) is 47.4. The third kappa shape index (κ3) is 6.22. The van der Waals surface area contributed by atoms with Crippen molar-refractivity contribution >= 4 is 0 Å². The van der Waals surface area contributed by atoms with E-state index in [9.17, 15) is 13.2 Å². The fraction of sp³-hybridized carbons (Fsp3) is 0.284. The first-order valence-corrected chi connectivity index (χ1v) is 26.0. The van der Waals surface area contributed by atoms with Gasteiger partial charge in [-0.2, -0.15) is 26.3 Å². The molecule has 12 rings (SSSR count). The van der Waals surface area contributed by atoms with Crippen LogP contribution in [-0.4, -0.2) is 12.4 Å². The summed E-state index contributed by atoms with van der Waals surface area (Å²) in [6.45, 7) is 13.7. The first-order valence-electron chi connectivity index (χ1n) is 26.0. The van der Waals surface area contributed by atoms with Crippen LogP contribution in [0.4, 0.5) is 26.3 Å². The summed E-state index contributed by atoms with van der Waals surface area (Å²) in [5, 5.41) is 0. The Morgan fingerprint density at radius 2 is 0.836 bits per heavy atom. The van der Waals surface area contributed by atoms with Crippen molar-refractivity contribution in [2.45, 2.75) is 120 Å². The van der Waals surface area contributed by atoms with E-state index >= 15 is 13.2 Å². The van der Waals surface area contributed by atoms with E-state index in [2.05, 4.69) is 113 Å². The van der Waals surface area contributed by atoms with Gasteiger partial charge in [-0.15, -0.1) is 0 Å².